The van der Waals surface area contributed by atoms with Gasteiger partial charge in [-0.3, -0.25) is 4.79 Å². The highest BCUT2D eigenvalue weighted by Crippen LogP contribution is 2.22. The first-order chi connectivity index (χ1) is 14.2. The zero-order valence-electron chi connectivity index (χ0n) is 19.3. The van der Waals surface area contributed by atoms with Crippen molar-refractivity contribution in [1.82, 2.24) is 15.2 Å². The van der Waals surface area contributed by atoms with Gasteiger partial charge in [-0.2, -0.15) is 0 Å². The highest BCUT2D eigenvalue weighted by atomic mass is 28.4. The Morgan fingerprint density at radius 1 is 1.20 bits per heavy atom. The van der Waals surface area contributed by atoms with E-state index in [0.717, 1.165) is 37.0 Å². The Balaban J connectivity index is 2.06. The summed E-state index contributed by atoms with van der Waals surface area (Å²) >= 11 is 0. The molecule has 1 aromatic heterocycles. The highest BCUT2D eigenvalue weighted by Gasteiger charge is 2.18. The molecular formula is C23H37N3O3Si. The number of likely N-dealkylation sites (N-methyl/N-ethyl adjacent to an activating group) is 1. The molecule has 0 spiro atoms. The van der Waals surface area contributed by atoms with E-state index in [4.69, 9.17) is 9.16 Å². The van der Waals surface area contributed by atoms with Crippen LogP contribution < -0.4 is 10.1 Å². The summed E-state index contributed by atoms with van der Waals surface area (Å²) in [6, 6.07) is 9.43. The van der Waals surface area contributed by atoms with Crippen LogP contribution in [-0.4, -0.2) is 63.0 Å². The van der Waals surface area contributed by atoms with E-state index in [1.807, 2.05) is 24.3 Å². The number of ether oxygens (including phenoxy) is 1. The number of benzene rings is 1. The largest absolute Gasteiger partial charge is 0.478 e. The fraction of sp³-hybridized carbons (Fsp3) is 0.565. The van der Waals surface area contributed by atoms with E-state index in [1.54, 1.807) is 6.07 Å². The number of nitrogens with one attached hydrogen (secondary N) is 1. The number of aromatic nitrogens is 1. The van der Waals surface area contributed by atoms with Crippen LogP contribution in [0.1, 0.15) is 37.6 Å². The number of carbonyl (C=O) groups excluding carboxylic acids is 1. The third-order valence-corrected chi connectivity index (χ3v) is 5.98. The Bertz CT molecular complexity index is 819. The second kappa shape index (κ2) is 11.4. The minimum Gasteiger partial charge on any atom is -0.478 e. The van der Waals surface area contributed by atoms with Crippen LogP contribution in [0.4, 0.5) is 0 Å². The van der Waals surface area contributed by atoms with Crippen LogP contribution in [0, 0.1) is 0 Å². The first kappa shape index (κ1) is 24.3. The standard InChI is InChI=1S/C23H37N3O3Si/c1-7-26(8-2)15-14-24-23(27)20-17-22(25-21-12-10-9-11-19(20)21)28-16-13-18(3)29-30(4,5)6/h9-12,17-18H,7-8,13-16H2,1-6H3,(H,24,27). The fourth-order valence-corrected chi connectivity index (χ4v) is 4.69. The third kappa shape index (κ3) is 7.70. The maximum atomic E-state index is 12.9. The summed E-state index contributed by atoms with van der Waals surface area (Å²) < 4.78 is 12.0. The first-order valence-electron chi connectivity index (χ1n) is 10.9. The first-order valence-corrected chi connectivity index (χ1v) is 14.3. The number of fused-ring (bicyclic) bond motifs is 1. The summed E-state index contributed by atoms with van der Waals surface area (Å²) in [5.41, 5.74) is 1.36. The van der Waals surface area contributed by atoms with Crippen molar-refractivity contribution in [3.8, 4) is 5.88 Å². The van der Waals surface area contributed by atoms with Gasteiger partial charge in [-0.25, -0.2) is 4.98 Å². The Morgan fingerprint density at radius 3 is 2.57 bits per heavy atom. The maximum absolute atomic E-state index is 12.9. The predicted octanol–water partition coefficient (Wildman–Crippen LogP) is 4.32. The van der Waals surface area contributed by atoms with E-state index in [2.05, 4.69) is 55.6 Å². The number of hydrogen-bond donors (Lipinski definition) is 1. The quantitative estimate of drug-likeness (QED) is 0.507. The van der Waals surface area contributed by atoms with Crippen LogP contribution >= 0.6 is 0 Å². The lowest BCUT2D eigenvalue weighted by molar-refractivity contribution is 0.0949. The van der Waals surface area contributed by atoms with Crippen molar-refractivity contribution in [2.45, 2.75) is 52.9 Å². The van der Waals surface area contributed by atoms with Gasteiger partial charge in [0.15, 0.2) is 8.32 Å². The molecule has 0 aliphatic heterocycles. The number of hydrogen-bond acceptors (Lipinski definition) is 5. The van der Waals surface area contributed by atoms with E-state index < -0.39 is 8.32 Å². The van der Waals surface area contributed by atoms with E-state index in [0.29, 0.717) is 24.6 Å². The molecule has 0 aliphatic carbocycles. The van der Waals surface area contributed by atoms with Crippen LogP contribution in [0.25, 0.3) is 10.9 Å². The molecule has 1 N–H and O–H groups in total. The molecule has 1 heterocycles. The van der Waals surface area contributed by atoms with Gasteiger partial charge in [-0.05, 0) is 45.7 Å². The van der Waals surface area contributed by atoms with Crippen molar-refractivity contribution in [3.63, 3.8) is 0 Å². The lowest BCUT2D eigenvalue weighted by atomic mass is 10.1. The predicted molar refractivity (Wildman–Crippen MR) is 126 cm³/mol. The second-order valence-electron chi connectivity index (χ2n) is 8.49. The van der Waals surface area contributed by atoms with Crippen molar-refractivity contribution in [1.29, 1.82) is 0 Å². The molecule has 30 heavy (non-hydrogen) atoms. The molecule has 2 aromatic rings. The smallest absolute Gasteiger partial charge is 0.252 e. The molecule has 0 saturated heterocycles. The Morgan fingerprint density at radius 2 is 1.90 bits per heavy atom. The molecule has 1 amide bonds. The van der Waals surface area contributed by atoms with Crippen LogP contribution in [0.15, 0.2) is 30.3 Å². The molecule has 0 fully saturated rings. The van der Waals surface area contributed by atoms with Crippen LogP contribution in [0.5, 0.6) is 5.88 Å². The summed E-state index contributed by atoms with van der Waals surface area (Å²) in [6.07, 6.45) is 0.921. The molecule has 2 rings (SSSR count). The van der Waals surface area contributed by atoms with Crippen LogP contribution in [0.2, 0.25) is 19.6 Å². The zero-order valence-corrected chi connectivity index (χ0v) is 20.3. The number of nitrogens with zero attached hydrogens (tertiary/aromatic N) is 2. The van der Waals surface area contributed by atoms with Gasteiger partial charge in [0.05, 0.1) is 17.7 Å². The molecule has 1 unspecified atom stereocenters. The van der Waals surface area contributed by atoms with Gasteiger partial charge in [0.1, 0.15) is 0 Å². The SMILES string of the molecule is CCN(CC)CCNC(=O)c1cc(OCCC(C)O[Si](C)(C)C)nc2ccccc12. The molecule has 6 nitrogen and oxygen atoms in total. The highest BCUT2D eigenvalue weighted by molar-refractivity contribution is 6.69. The van der Waals surface area contributed by atoms with E-state index in [-0.39, 0.29) is 12.0 Å². The molecule has 0 bridgehead atoms. The summed E-state index contributed by atoms with van der Waals surface area (Å²) in [6.45, 7) is 16.8. The Labute approximate surface area is 182 Å². The lowest BCUT2D eigenvalue weighted by Gasteiger charge is -2.23. The Kier molecular flexibility index (Phi) is 9.26. The number of carbonyl (C=O) groups is 1. The monoisotopic (exact) mass is 431 g/mol. The summed E-state index contributed by atoms with van der Waals surface area (Å²) in [5.74, 6) is 0.379. The lowest BCUT2D eigenvalue weighted by Crippen LogP contribution is -2.34. The van der Waals surface area contributed by atoms with Crippen molar-refractivity contribution in [3.05, 3.63) is 35.9 Å². The van der Waals surface area contributed by atoms with Crippen molar-refractivity contribution in [2.75, 3.05) is 32.8 Å². The average molecular weight is 432 g/mol. The molecule has 1 atom stereocenters. The number of para-hydroxylation sites is 1. The molecule has 7 heteroatoms. The van der Waals surface area contributed by atoms with E-state index in [9.17, 15) is 4.79 Å². The maximum Gasteiger partial charge on any atom is 0.252 e. The topological polar surface area (TPSA) is 63.7 Å². The van der Waals surface area contributed by atoms with Gasteiger partial charge in [0.25, 0.3) is 5.91 Å². The molecule has 0 radical (unpaired) electrons. The summed E-state index contributed by atoms with van der Waals surface area (Å²) in [5, 5.41) is 3.87. The van der Waals surface area contributed by atoms with Gasteiger partial charge < -0.3 is 19.4 Å². The average Bonchev–Trinajstić information content (AvgIpc) is 2.69. The van der Waals surface area contributed by atoms with E-state index in [1.165, 1.54) is 0 Å². The van der Waals surface area contributed by atoms with Gasteiger partial charge >= 0.3 is 0 Å². The van der Waals surface area contributed by atoms with Gasteiger partial charge in [0, 0.05) is 37.1 Å². The van der Waals surface area contributed by atoms with E-state index >= 15 is 0 Å². The number of amides is 1. The van der Waals surface area contributed by atoms with Crippen LogP contribution in [0.3, 0.4) is 0 Å². The number of rotatable bonds is 12. The van der Waals surface area contributed by atoms with Crippen molar-refractivity contribution < 1.29 is 14.0 Å². The van der Waals surface area contributed by atoms with Gasteiger partial charge in [0.2, 0.25) is 5.88 Å². The molecule has 0 aliphatic rings. The van der Waals surface area contributed by atoms with Crippen LogP contribution in [-0.2, 0) is 4.43 Å². The molecular weight excluding hydrogens is 394 g/mol. The molecule has 166 valence electrons. The Hall–Kier alpha value is -1.96. The minimum absolute atomic E-state index is 0.0963. The van der Waals surface area contributed by atoms with Crippen molar-refractivity contribution >= 4 is 25.1 Å². The minimum atomic E-state index is -1.56. The second-order valence-corrected chi connectivity index (χ2v) is 12.9. The zero-order chi connectivity index (χ0) is 22.1. The van der Waals surface area contributed by atoms with Crippen molar-refractivity contribution in [2.24, 2.45) is 0 Å². The van der Waals surface area contributed by atoms with Gasteiger partial charge in [-0.15, -0.1) is 0 Å². The number of pyridine rings is 1. The third-order valence-electron chi connectivity index (χ3n) is 4.87. The normalized spacial score (nSPS) is 12.9. The fourth-order valence-electron chi connectivity index (χ4n) is 3.37. The molecule has 0 saturated carbocycles. The molecule has 1 aromatic carbocycles. The summed E-state index contributed by atoms with van der Waals surface area (Å²) in [7, 11) is -1.56. The summed E-state index contributed by atoms with van der Waals surface area (Å²) in [4.78, 5) is 19.7. The van der Waals surface area contributed by atoms with Gasteiger partial charge in [-0.1, -0.05) is 32.0 Å².